The van der Waals surface area contributed by atoms with Crippen molar-refractivity contribution in [3.63, 3.8) is 0 Å². The number of hydrogen-bond acceptors (Lipinski definition) is 2. The molecule has 0 unspecified atom stereocenters. The van der Waals surface area contributed by atoms with Crippen molar-refractivity contribution in [2.75, 3.05) is 0 Å². The van der Waals surface area contributed by atoms with Crippen LogP contribution in [0.3, 0.4) is 0 Å². The first kappa shape index (κ1) is 15.0. The van der Waals surface area contributed by atoms with Gasteiger partial charge < -0.3 is 10.5 Å². The van der Waals surface area contributed by atoms with E-state index in [1.54, 1.807) is 6.07 Å². The summed E-state index contributed by atoms with van der Waals surface area (Å²) in [6, 6.07) is 3.55. The fourth-order valence-electron chi connectivity index (χ4n) is 2.72. The lowest BCUT2D eigenvalue weighted by atomic mass is 9.86. The molecule has 4 heteroatoms. The number of hydrogen-bond donors (Lipinski definition) is 1. The number of halogens is 2. The summed E-state index contributed by atoms with van der Waals surface area (Å²) >= 11 is 12.2. The molecule has 1 fully saturated rings. The van der Waals surface area contributed by atoms with Crippen molar-refractivity contribution in [3.8, 4) is 5.75 Å². The largest absolute Gasteiger partial charge is 0.489 e. The number of ether oxygens (including phenoxy) is 1. The van der Waals surface area contributed by atoms with E-state index in [1.807, 2.05) is 6.07 Å². The first-order chi connectivity index (χ1) is 9.13. The molecule has 0 heterocycles. The molecule has 0 aromatic heterocycles. The highest BCUT2D eigenvalue weighted by atomic mass is 35.5. The third-order valence-electron chi connectivity index (χ3n) is 3.96. The average molecular weight is 302 g/mol. The second-order valence-corrected chi connectivity index (χ2v) is 6.09. The maximum absolute atomic E-state index is 6.22. The second-order valence-electron chi connectivity index (χ2n) is 5.25. The Morgan fingerprint density at radius 2 is 1.89 bits per heavy atom. The molecule has 0 atom stereocenters. The summed E-state index contributed by atoms with van der Waals surface area (Å²) in [6.45, 7) is 2.65. The predicted molar refractivity (Wildman–Crippen MR) is 81.0 cm³/mol. The molecular formula is C15H21Cl2NO. The predicted octanol–water partition coefficient (Wildman–Crippen LogP) is 4.80. The normalized spacial score (nSPS) is 23.4. The molecule has 1 aromatic carbocycles. The summed E-state index contributed by atoms with van der Waals surface area (Å²) in [5.41, 5.74) is 6.62. The van der Waals surface area contributed by atoms with Gasteiger partial charge in [0.25, 0.3) is 0 Å². The fraction of sp³-hybridized carbons (Fsp3) is 0.600. The molecule has 0 aliphatic heterocycles. The highest BCUT2D eigenvalue weighted by Crippen LogP contribution is 2.36. The van der Waals surface area contributed by atoms with E-state index < -0.39 is 0 Å². The Hall–Kier alpha value is -0.440. The Bertz CT molecular complexity index is 428. The van der Waals surface area contributed by atoms with Crippen LogP contribution in [0.4, 0.5) is 0 Å². The molecule has 1 aliphatic carbocycles. The van der Waals surface area contributed by atoms with Gasteiger partial charge in [-0.25, -0.2) is 0 Å². The van der Waals surface area contributed by atoms with E-state index in [0.29, 0.717) is 22.3 Å². The minimum Gasteiger partial charge on any atom is -0.489 e. The van der Waals surface area contributed by atoms with Gasteiger partial charge in [0, 0.05) is 17.1 Å². The highest BCUT2D eigenvalue weighted by Gasteiger charge is 2.23. The summed E-state index contributed by atoms with van der Waals surface area (Å²) < 4.78 is 6.09. The van der Waals surface area contributed by atoms with Crippen LogP contribution < -0.4 is 10.5 Å². The lowest BCUT2D eigenvalue weighted by Gasteiger charge is -2.29. The van der Waals surface area contributed by atoms with Crippen molar-refractivity contribution in [2.45, 2.75) is 51.7 Å². The Balaban J connectivity index is 2.07. The van der Waals surface area contributed by atoms with E-state index in [4.69, 9.17) is 33.7 Å². The highest BCUT2D eigenvalue weighted by molar-refractivity contribution is 6.35. The fourth-order valence-corrected chi connectivity index (χ4v) is 3.30. The maximum atomic E-state index is 6.22. The van der Waals surface area contributed by atoms with Crippen LogP contribution in [0.5, 0.6) is 5.75 Å². The van der Waals surface area contributed by atoms with Gasteiger partial charge in [-0.3, -0.25) is 0 Å². The Morgan fingerprint density at radius 1 is 1.21 bits per heavy atom. The van der Waals surface area contributed by atoms with Crippen LogP contribution in [0.1, 0.15) is 44.6 Å². The number of benzene rings is 1. The minimum atomic E-state index is 0.256. The van der Waals surface area contributed by atoms with E-state index in [-0.39, 0.29) is 6.10 Å². The first-order valence-corrected chi connectivity index (χ1v) is 7.74. The Labute approximate surface area is 125 Å². The van der Waals surface area contributed by atoms with Gasteiger partial charge >= 0.3 is 0 Å². The van der Waals surface area contributed by atoms with Gasteiger partial charge in [-0.05, 0) is 43.7 Å². The van der Waals surface area contributed by atoms with Crippen molar-refractivity contribution in [1.29, 1.82) is 0 Å². The molecule has 0 radical (unpaired) electrons. The van der Waals surface area contributed by atoms with Crippen LogP contribution in [0.25, 0.3) is 0 Å². The molecular weight excluding hydrogens is 281 g/mol. The zero-order valence-corrected chi connectivity index (χ0v) is 12.8. The molecule has 0 spiro atoms. The minimum absolute atomic E-state index is 0.256. The maximum Gasteiger partial charge on any atom is 0.142 e. The molecule has 0 amide bonds. The van der Waals surface area contributed by atoms with E-state index in [9.17, 15) is 0 Å². The number of nitrogens with two attached hydrogens (primary N) is 1. The molecule has 2 nitrogen and oxygen atoms in total. The van der Waals surface area contributed by atoms with E-state index in [0.717, 1.165) is 24.3 Å². The van der Waals surface area contributed by atoms with Crippen LogP contribution >= 0.6 is 23.2 Å². The molecule has 1 aliphatic rings. The van der Waals surface area contributed by atoms with Crippen molar-refractivity contribution in [1.82, 2.24) is 0 Å². The van der Waals surface area contributed by atoms with E-state index in [1.165, 1.54) is 19.3 Å². The van der Waals surface area contributed by atoms with Crippen LogP contribution in [0.15, 0.2) is 12.1 Å². The third kappa shape index (κ3) is 3.77. The van der Waals surface area contributed by atoms with Crippen molar-refractivity contribution < 1.29 is 4.74 Å². The smallest absolute Gasteiger partial charge is 0.142 e. The molecule has 1 saturated carbocycles. The second kappa shape index (κ2) is 6.83. The lowest BCUT2D eigenvalue weighted by molar-refractivity contribution is 0.129. The number of rotatable bonds is 4. The summed E-state index contributed by atoms with van der Waals surface area (Å²) in [7, 11) is 0. The lowest BCUT2D eigenvalue weighted by Crippen LogP contribution is -2.24. The summed E-state index contributed by atoms with van der Waals surface area (Å²) in [5.74, 6) is 1.57. The van der Waals surface area contributed by atoms with E-state index >= 15 is 0 Å². The summed E-state index contributed by atoms with van der Waals surface area (Å²) in [5, 5.41) is 1.16. The zero-order chi connectivity index (χ0) is 13.8. The van der Waals surface area contributed by atoms with Gasteiger partial charge in [0.1, 0.15) is 5.75 Å². The summed E-state index contributed by atoms with van der Waals surface area (Å²) in [4.78, 5) is 0. The van der Waals surface area contributed by atoms with Gasteiger partial charge in [0.15, 0.2) is 0 Å². The summed E-state index contributed by atoms with van der Waals surface area (Å²) in [6.07, 6.45) is 6.20. The zero-order valence-electron chi connectivity index (χ0n) is 11.3. The van der Waals surface area contributed by atoms with Gasteiger partial charge in [-0.2, -0.15) is 0 Å². The quantitative estimate of drug-likeness (QED) is 0.867. The molecule has 2 N–H and O–H groups in total. The monoisotopic (exact) mass is 301 g/mol. The molecule has 106 valence electrons. The molecule has 19 heavy (non-hydrogen) atoms. The van der Waals surface area contributed by atoms with Crippen LogP contribution in [-0.4, -0.2) is 6.10 Å². The molecule has 0 bridgehead atoms. The van der Waals surface area contributed by atoms with Crippen LogP contribution in [-0.2, 0) is 6.54 Å². The molecule has 0 saturated heterocycles. The van der Waals surface area contributed by atoms with E-state index in [2.05, 4.69) is 6.92 Å². The Kier molecular flexibility index (Phi) is 5.37. The topological polar surface area (TPSA) is 35.2 Å². The SMILES string of the molecule is CCC1CCC(Oc2c(Cl)cc(Cl)cc2CN)CC1. The Morgan fingerprint density at radius 3 is 2.47 bits per heavy atom. The average Bonchev–Trinajstić information content (AvgIpc) is 2.42. The van der Waals surface area contributed by atoms with Gasteiger partial charge in [-0.15, -0.1) is 0 Å². The molecule has 2 rings (SSSR count). The van der Waals surface area contributed by atoms with Gasteiger partial charge in [0.2, 0.25) is 0 Å². The molecule has 1 aromatic rings. The van der Waals surface area contributed by atoms with Gasteiger partial charge in [0.05, 0.1) is 11.1 Å². The van der Waals surface area contributed by atoms with Gasteiger partial charge in [-0.1, -0.05) is 36.5 Å². The van der Waals surface area contributed by atoms with Crippen molar-refractivity contribution in [3.05, 3.63) is 27.7 Å². The third-order valence-corrected chi connectivity index (χ3v) is 4.46. The van der Waals surface area contributed by atoms with Crippen molar-refractivity contribution in [2.24, 2.45) is 11.7 Å². The first-order valence-electron chi connectivity index (χ1n) is 6.98. The standard InChI is InChI=1S/C15H21Cl2NO/c1-2-10-3-5-13(6-4-10)19-15-11(9-18)7-12(16)8-14(15)17/h7-8,10,13H,2-6,9,18H2,1H3. The van der Waals surface area contributed by atoms with Crippen LogP contribution in [0, 0.1) is 5.92 Å². The van der Waals surface area contributed by atoms with Crippen LogP contribution in [0.2, 0.25) is 10.0 Å². The van der Waals surface area contributed by atoms with Crippen molar-refractivity contribution >= 4 is 23.2 Å².